The van der Waals surface area contributed by atoms with E-state index in [9.17, 15) is 0 Å². The van der Waals surface area contributed by atoms with E-state index < -0.39 is 0 Å². The molecular formula is C14H18N2. The third-order valence-electron chi connectivity index (χ3n) is 3.55. The summed E-state index contributed by atoms with van der Waals surface area (Å²) < 4.78 is 0. The molecule has 0 spiro atoms. The van der Waals surface area contributed by atoms with Crippen LogP contribution in [0.2, 0.25) is 0 Å². The first kappa shape index (κ1) is 9.91. The molecule has 2 nitrogen and oxygen atoms in total. The van der Waals surface area contributed by atoms with E-state index in [1.54, 1.807) is 11.1 Å². The van der Waals surface area contributed by atoms with E-state index in [0.29, 0.717) is 0 Å². The van der Waals surface area contributed by atoms with E-state index in [1.165, 1.54) is 11.3 Å². The van der Waals surface area contributed by atoms with Crippen LogP contribution in [0.3, 0.4) is 0 Å². The molecule has 3 rings (SSSR count). The Balaban J connectivity index is 1.77. The molecule has 0 bridgehead atoms. The molecule has 0 aromatic heterocycles. The van der Waals surface area contributed by atoms with Crippen LogP contribution in [0.1, 0.15) is 5.56 Å². The molecule has 0 atom stereocenters. The molecule has 0 amide bonds. The lowest BCUT2D eigenvalue weighted by Crippen LogP contribution is -2.27. The molecule has 16 heavy (non-hydrogen) atoms. The van der Waals surface area contributed by atoms with Gasteiger partial charge in [0.2, 0.25) is 0 Å². The maximum absolute atomic E-state index is 2.49. The van der Waals surface area contributed by atoms with Crippen molar-refractivity contribution in [2.24, 2.45) is 0 Å². The highest BCUT2D eigenvalue weighted by Crippen LogP contribution is 2.28. The molecule has 2 heteroatoms. The third-order valence-corrected chi connectivity index (χ3v) is 3.55. The third kappa shape index (κ3) is 1.63. The van der Waals surface area contributed by atoms with Gasteiger partial charge in [0, 0.05) is 31.9 Å². The summed E-state index contributed by atoms with van der Waals surface area (Å²) >= 11 is 0. The van der Waals surface area contributed by atoms with Gasteiger partial charge in [0.05, 0.1) is 0 Å². The average molecular weight is 214 g/mol. The molecule has 0 saturated heterocycles. The van der Waals surface area contributed by atoms with Crippen molar-refractivity contribution < 1.29 is 0 Å². The molecule has 0 fully saturated rings. The van der Waals surface area contributed by atoms with Crippen LogP contribution in [-0.2, 0) is 0 Å². The van der Waals surface area contributed by atoms with E-state index in [1.807, 2.05) is 0 Å². The predicted octanol–water partition coefficient (Wildman–Crippen LogP) is 2.06. The lowest BCUT2D eigenvalue weighted by atomic mass is 10.2. The van der Waals surface area contributed by atoms with Crippen LogP contribution in [0.25, 0.3) is 0 Å². The zero-order valence-electron chi connectivity index (χ0n) is 10.0. The summed E-state index contributed by atoms with van der Waals surface area (Å²) in [6.07, 6.45) is 0. The van der Waals surface area contributed by atoms with Crippen LogP contribution >= 0.6 is 0 Å². The molecule has 2 heterocycles. The van der Waals surface area contributed by atoms with Crippen molar-refractivity contribution in [3.8, 4) is 0 Å². The van der Waals surface area contributed by atoms with Gasteiger partial charge >= 0.3 is 0 Å². The largest absolute Gasteiger partial charge is 0.363 e. The normalized spacial score (nSPS) is 20.8. The second-order valence-corrected chi connectivity index (χ2v) is 5.07. The molecule has 2 aliphatic heterocycles. The number of nitrogens with zero attached hydrogens (tertiary/aromatic N) is 2. The molecule has 1 aromatic rings. The van der Waals surface area contributed by atoms with Gasteiger partial charge in [-0.2, -0.15) is 0 Å². The van der Waals surface area contributed by atoms with Crippen LogP contribution < -0.4 is 4.90 Å². The molecule has 0 radical (unpaired) electrons. The first-order chi connectivity index (χ1) is 7.72. The van der Waals surface area contributed by atoms with Crippen LogP contribution in [-0.4, -0.2) is 38.1 Å². The number of likely N-dealkylation sites (N-methyl/N-ethyl adjacent to an activating group) is 1. The molecule has 84 valence electrons. The summed E-state index contributed by atoms with van der Waals surface area (Å²) in [5, 5.41) is 0. The van der Waals surface area contributed by atoms with Gasteiger partial charge in [-0.15, -0.1) is 0 Å². The fourth-order valence-electron chi connectivity index (χ4n) is 2.78. The highest BCUT2D eigenvalue weighted by Gasteiger charge is 2.27. The Bertz CT molecular complexity index is 430. The summed E-state index contributed by atoms with van der Waals surface area (Å²) in [6, 6.07) is 8.82. The van der Waals surface area contributed by atoms with Gasteiger partial charge in [0.15, 0.2) is 0 Å². The van der Waals surface area contributed by atoms with Crippen LogP contribution in [0.15, 0.2) is 35.4 Å². The number of aryl methyl sites for hydroxylation is 1. The molecule has 2 aliphatic rings. The van der Waals surface area contributed by atoms with E-state index in [2.05, 4.69) is 48.0 Å². The van der Waals surface area contributed by atoms with Gasteiger partial charge in [0.1, 0.15) is 0 Å². The van der Waals surface area contributed by atoms with Gasteiger partial charge < -0.3 is 4.90 Å². The number of hydrogen-bond acceptors (Lipinski definition) is 2. The van der Waals surface area contributed by atoms with E-state index in [4.69, 9.17) is 0 Å². The summed E-state index contributed by atoms with van der Waals surface area (Å²) in [5.74, 6) is 0. The summed E-state index contributed by atoms with van der Waals surface area (Å²) in [7, 11) is 2.20. The van der Waals surface area contributed by atoms with Crippen molar-refractivity contribution in [2.75, 3.05) is 38.1 Å². The second kappa shape index (κ2) is 3.63. The zero-order valence-corrected chi connectivity index (χ0v) is 10.0. The average Bonchev–Trinajstić information content (AvgIpc) is 2.74. The lowest BCUT2D eigenvalue weighted by molar-refractivity contribution is 0.418. The SMILES string of the molecule is Cc1cccc(N2CC3=C(CN(C)C3)C2)c1. The van der Waals surface area contributed by atoms with Gasteiger partial charge in [-0.05, 0) is 42.8 Å². The molecule has 0 saturated carbocycles. The zero-order chi connectivity index (χ0) is 11.1. The van der Waals surface area contributed by atoms with Crippen molar-refractivity contribution in [1.29, 1.82) is 0 Å². The minimum Gasteiger partial charge on any atom is -0.363 e. The number of hydrogen-bond donors (Lipinski definition) is 0. The topological polar surface area (TPSA) is 6.48 Å². The Labute approximate surface area is 97.2 Å². The van der Waals surface area contributed by atoms with Crippen LogP contribution in [0, 0.1) is 6.92 Å². The first-order valence-corrected chi connectivity index (χ1v) is 5.92. The summed E-state index contributed by atoms with van der Waals surface area (Å²) in [4.78, 5) is 4.89. The molecule has 0 N–H and O–H groups in total. The first-order valence-electron chi connectivity index (χ1n) is 5.92. The Kier molecular flexibility index (Phi) is 2.25. The molecule has 0 aliphatic carbocycles. The van der Waals surface area contributed by atoms with Crippen molar-refractivity contribution in [3.05, 3.63) is 41.0 Å². The van der Waals surface area contributed by atoms with E-state index >= 15 is 0 Å². The molecule has 1 aromatic carbocycles. The molecular weight excluding hydrogens is 196 g/mol. The second-order valence-electron chi connectivity index (χ2n) is 5.07. The Morgan fingerprint density at radius 3 is 2.31 bits per heavy atom. The van der Waals surface area contributed by atoms with Gasteiger partial charge in [-0.1, -0.05) is 12.1 Å². The summed E-state index contributed by atoms with van der Waals surface area (Å²) in [6.45, 7) is 6.75. The van der Waals surface area contributed by atoms with Crippen molar-refractivity contribution in [3.63, 3.8) is 0 Å². The van der Waals surface area contributed by atoms with Crippen LogP contribution in [0.4, 0.5) is 5.69 Å². The number of benzene rings is 1. The highest BCUT2D eigenvalue weighted by molar-refractivity contribution is 5.55. The minimum absolute atomic E-state index is 1.13. The Morgan fingerprint density at radius 1 is 1.00 bits per heavy atom. The van der Waals surface area contributed by atoms with Crippen molar-refractivity contribution in [2.45, 2.75) is 6.92 Å². The smallest absolute Gasteiger partial charge is 0.0408 e. The fraction of sp³-hybridized carbons (Fsp3) is 0.429. The minimum atomic E-state index is 1.13. The van der Waals surface area contributed by atoms with Crippen LogP contribution in [0.5, 0.6) is 0 Å². The fourth-order valence-corrected chi connectivity index (χ4v) is 2.78. The summed E-state index contributed by atoms with van der Waals surface area (Å²) in [5.41, 5.74) is 6.01. The van der Waals surface area contributed by atoms with Gasteiger partial charge in [-0.25, -0.2) is 0 Å². The van der Waals surface area contributed by atoms with Gasteiger partial charge in [-0.3, -0.25) is 4.90 Å². The van der Waals surface area contributed by atoms with Gasteiger partial charge in [0.25, 0.3) is 0 Å². The van der Waals surface area contributed by atoms with E-state index in [0.717, 1.165) is 26.2 Å². The Morgan fingerprint density at radius 2 is 1.69 bits per heavy atom. The maximum Gasteiger partial charge on any atom is 0.0408 e. The van der Waals surface area contributed by atoms with Crippen molar-refractivity contribution in [1.82, 2.24) is 4.90 Å². The Hall–Kier alpha value is -1.28. The predicted molar refractivity (Wildman–Crippen MR) is 67.9 cm³/mol. The molecule has 0 unspecified atom stereocenters. The van der Waals surface area contributed by atoms with E-state index in [-0.39, 0.29) is 0 Å². The monoisotopic (exact) mass is 214 g/mol. The highest BCUT2D eigenvalue weighted by atomic mass is 15.2. The number of rotatable bonds is 1. The lowest BCUT2D eigenvalue weighted by Gasteiger charge is -2.22. The quantitative estimate of drug-likeness (QED) is 0.660. The maximum atomic E-state index is 2.49. The standard InChI is InChI=1S/C14H18N2/c1-11-4-3-5-14(6-11)16-9-12-7-15(2)8-13(12)10-16/h3-6H,7-10H2,1-2H3. The van der Waals surface area contributed by atoms with Crippen molar-refractivity contribution >= 4 is 5.69 Å². The number of anilines is 1.